The minimum Gasteiger partial charge on any atom is -0.476 e. The number of anilines is 1. The van der Waals surface area contributed by atoms with E-state index in [0.29, 0.717) is 38.5 Å². The number of carboxylic acid groups (broad SMARTS) is 1. The Labute approximate surface area is 122 Å². The first-order valence-electron chi connectivity index (χ1n) is 6.67. The summed E-state index contributed by atoms with van der Waals surface area (Å²) >= 11 is 0. The maximum absolute atomic E-state index is 11.8. The molecule has 2 rings (SSSR count). The molecule has 0 spiro atoms. The third-order valence-electron chi connectivity index (χ3n) is 3.32. The van der Waals surface area contributed by atoms with Crippen LogP contribution in [-0.4, -0.2) is 65.4 Å². The Morgan fingerprint density at radius 1 is 1.52 bits per heavy atom. The first kappa shape index (κ1) is 15.2. The summed E-state index contributed by atoms with van der Waals surface area (Å²) in [6.45, 7) is 2.43. The van der Waals surface area contributed by atoms with Gasteiger partial charge in [-0.1, -0.05) is 0 Å². The molecule has 114 valence electrons. The van der Waals surface area contributed by atoms with E-state index in [1.807, 2.05) is 0 Å². The van der Waals surface area contributed by atoms with Crippen LogP contribution in [0, 0.1) is 5.92 Å². The van der Waals surface area contributed by atoms with Crippen molar-refractivity contribution in [1.82, 2.24) is 15.1 Å². The van der Waals surface area contributed by atoms with Crippen LogP contribution in [0.4, 0.5) is 5.82 Å². The van der Waals surface area contributed by atoms with E-state index in [2.05, 4.69) is 15.5 Å². The number of carbonyl (C=O) groups excluding carboxylic acids is 1. The Morgan fingerprint density at radius 3 is 2.95 bits per heavy atom. The summed E-state index contributed by atoms with van der Waals surface area (Å²) in [5, 5.41) is 19.2. The van der Waals surface area contributed by atoms with E-state index in [9.17, 15) is 9.59 Å². The number of nitrogens with one attached hydrogen (secondary N) is 1. The van der Waals surface area contributed by atoms with Gasteiger partial charge in [0.1, 0.15) is 5.82 Å². The number of likely N-dealkylation sites (tertiary alicyclic amines) is 1. The minimum absolute atomic E-state index is 0.0951. The van der Waals surface area contributed by atoms with Gasteiger partial charge in [-0.05, 0) is 12.1 Å². The molecule has 1 saturated heterocycles. The topological polar surface area (TPSA) is 105 Å². The maximum atomic E-state index is 11.8. The van der Waals surface area contributed by atoms with Crippen LogP contribution in [0.1, 0.15) is 16.9 Å². The normalized spacial score (nSPS) is 18.0. The van der Waals surface area contributed by atoms with Crippen molar-refractivity contribution < 1.29 is 19.4 Å². The summed E-state index contributed by atoms with van der Waals surface area (Å²) in [5.41, 5.74) is -0.0951. The molecule has 8 nitrogen and oxygen atoms in total. The molecule has 1 aliphatic rings. The summed E-state index contributed by atoms with van der Waals surface area (Å²) in [5.74, 6) is -0.270. The first-order valence-corrected chi connectivity index (χ1v) is 6.67. The zero-order valence-electron chi connectivity index (χ0n) is 11.8. The molecule has 2 N–H and O–H groups in total. The largest absolute Gasteiger partial charge is 0.476 e. The van der Waals surface area contributed by atoms with Crippen LogP contribution in [0.3, 0.4) is 0 Å². The third kappa shape index (κ3) is 4.12. The number of carbonyl (C=O) groups is 2. The fourth-order valence-electron chi connectivity index (χ4n) is 2.20. The number of hydrogen-bond acceptors (Lipinski definition) is 6. The third-order valence-corrected chi connectivity index (χ3v) is 3.32. The Morgan fingerprint density at radius 2 is 2.33 bits per heavy atom. The second kappa shape index (κ2) is 6.98. The molecule has 1 aliphatic heterocycles. The van der Waals surface area contributed by atoms with Gasteiger partial charge in [0, 0.05) is 39.1 Å². The molecule has 2 heterocycles. The number of rotatable bonds is 7. The lowest BCUT2D eigenvalue weighted by atomic mass is 10.1. The quantitative estimate of drug-likeness (QED) is 0.733. The van der Waals surface area contributed by atoms with Gasteiger partial charge in [0.15, 0.2) is 5.69 Å². The average molecular weight is 294 g/mol. The highest BCUT2D eigenvalue weighted by Gasteiger charge is 2.28. The summed E-state index contributed by atoms with van der Waals surface area (Å²) in [6, 6.07) is 2.96. The molecule has 1 aromatic heterocycles. The summed E-state index contributed by atoms with van der Waals surface area (Å²) in [7, 11) is 1.61. The van der Waals surface area contributed by atoms with Crippen molar-refractivity contribution in [3.63, 3.8) is 0 Å². The molecule has 0 saturated carbocycles. The molecular weight excluding hydrogens is 276 g/mol. The number of nitrogens with zero attached hydrogens (tertiary/aromatic N) is 3. The lowest BCUT2D eigenvalue weighted by molar-refractivity contribution is -0.128. The molecule has 0 aliphatic carbocycles. The van der Waals surface area contributed by atoms with Crippen molar-refractivity contribution >= 4 is 17.7 Å². The van der Waals surface area contributed by atoms with Gasteiger partial charge < -0.3 is 20.1 Å². The first-order chi connectivity index (χ1) is 10.1. The number of hydrogen-bond donors (Lipinski definition) is 2. The van der Waals surface area contributed by atoms with Crippen molar-refractivity contribution in [3.05, 3.63) is 17.8 Å². The molecular formula is C13H18N4O4. The highest BCUT2D eigenvalue weighted by atomic mass is 16.5. The second-order valence-corrected chi connectivity index (χ2v) is 4.89. The molecule has 21 heavy (non-hydrogen) atoms. The fourth-order valence-corrected chi connectivity index (χ4v) is 2.20. The molecule has 1 amide bonds. The van der Waals surface area contributed by atoms with Gasteiger partial charge in [-0.25, -0.2) is 4.79 Å². The van der Waals surface area contributed by atoms with Crippen molar-refractivity contribution in [1.29, 1.82) is 0 Å². The van der Waals surface area contributed by atoms with Crippen LogP contribution in [0.15, 0.2) is 12.1 Å². The highest BCUT2D eigenvalue weighted by molar-refractivity contribution is 5.85. The number of aromatic carboxylic acids is 1. The van der Waals surface area contributed by atoms with E-state index in [4.69, 9.17) is 9.84 Å². The number of ether oxygens (including phenoxy) is 1. The van der Waals surface area contributed by atoms with Crippen molar-refractivity contribution in [2.45, 2.75) is 6.42 Å². The zero-order chi connectivity index (χ0) is 15.2. The van der Waals surface area contributed by atoms with E-state index >= 15 is 0 Å². The molecule has 1 fully saturated rings. The van der Waals surface area contributed by atoms with Gasteiger partial charge >= 0.3 is 5.97 Å². The number of carboxylic acids is 1. The monoisotopic (exact) mass is 294 g/mol. The minimum atomic E-state index is -1.11. The molecule has 0 aromatic carbocycles. The summed E-state index contributed by atoms with van der Waals surface area (Å²) in [4.78, 5) is 24.2. The molecule has 0 radical (unpaired) electrons. The standard InChI is InChI=1S/C13H18N4O4/c1-21-5-4-17-8-9(6-12(17)18)7-14-11-3-2-10(13(19)20)15-16-11/h2-3,9H,4-8H2,1H3,(H,14,16)(H,19,20). The predicted molar refractivity (Wildman–Crippen MR) is 74.0 cm³/mol. The van der Waals surface area contributed by atoms with E-state index < -0.39 is 5.97 Å². The molecule has 1 aromatic rings. The van der Waals surface area contributed by atoms with Crippen LogP contribution < -0.4 is 5.32 Å². The van der Waals surface area contributed by atoms with Crippen LogP contribution in [-0.2, 0) is 9.53 Å². The van der Waals surface area contributed by atoms with Gasteiger partial charge in [0.2, 0.25) is 5.91 Å². The van der Waals surface area contributed by atoms with Crippen molar-refractivity contribution in [2.75, 3.05) is 38.7 Å². The Hall–Kier alpha value is -2.22. The maximum Gasteiger partial charge on any atom is 0.356 e. The summed E-state index contributed by atoms with van der Waals surface area (Å²) < 4.78 is 4.97. The molecule has 1 atom stereocenters. The van der Waals surface area contributed by atoms with Gasteiger partial charge in [0.05, 0.1) is 6.61 Å². The zero-order valence-corrected chi connectivity index (χ0v) is 11.8. The second-order valence-electron chi connectivity index (χ2n) is 4.89. The Kier molecular flexibility index (Phi) is 5.04. The molecule has 1 unspecified atom stereocenters. The van der Waals surface area contributed by atoms with Crippen molar-refractivity contribution in [3.8, 4) is 0 Å². The van der Waals surface area contributed by atoms with Crippen LogP contribution in [0.5, 0.6) is 0 Å². The highest BCUT2D eigenvalue weighted by Crippen LogP contribution is 2.18. The average Bonchev–Trinajstić information content (AvgIpc) is 2.83. The Balaban J connectivity index is 1.81. The van der Waals surface area contributed by atoms with E-state index in [0.717, 1.165) is 0 Å². The Bertz CT molecular complexity index is 505. The SMILES string of the molecule is COCCN1CC(CNc2ccc(C(=O)O)nn2)CC1=O. The van der Waals surface area contributed by atoms with Gasteiger partial charge in [0.25, 0.3) is 0 Å². The molecule has 8 heteroatoms. The number of methoxy groups -OCH3 is 1. The van der Waals surface area contributed by atoms with Gasteiger partial charge in [-0.3, -0.25) is 4.79 Å². The van der Waals surface area contributed by atoms with Crippen LogP contribution in [0.2, 0.25) is 0 Å². The van der Waals surface area contributed by atoms with Crippen LogP contribution >= 0.6 is 0 Å². The smallest absolute Gasteiger partial charge is 0.356 e. The van der Waals surface area contributed by atoms with Gasteiger partial charge in [-0.2, -0.15) is 0 Å². The lowest BCUT2D eigenvalue weighted by Crippen LogP contribution is -2.29. The lowest BCUT2D eigenvalue weighted by Gasteiger charge is -2.16. The van der Waals surface area contributed by atoms with Crippen LogP contribution in [0.25, 0.3) is 0 Å². The fraction of sp³-hybridized carbons (Fsp3) is 0.538. The number of amides is 1. The van der Waals surface area contributed by atoms with E-state index in [1.165, 1.54) is 6.07 Å². The van der Waals surface area contributed by atoms with E-state index in [-0.39, 0.29) is 17.5 Å². The van der Waals surface area contributed by atoms with E-state index in [1.54, 1.807) is 18.1 Å². The van der Waals surface area contributed by atoms with Crippen molar-refractivity contribution in [2.24, 2.45) is 5.92 Å². The van der Waals surface area contributed by atoms with Gasteiger partial charge in [-0.15, -0.1) is 10.2 Å². The summed E-state index contributed by atoms with van der Waals surface area (Å²) in [6.07, 6.45) is 0.497. The number of aromatic nitrogens is 2. The predicted octanol–water partition coefficient (Wildman–Crippen LogP) is 0.0816. The molecule has 0 bridgehead atoms.